The van der Waals surface area contributed by atoms with Crippen molar-refractivity contribution in [3.05, 3.63) is 58.6 Å². The third-order valence-corrected chi connectivity index (χ3v) is 5.85. The van der Waals surface area contributed by atoms with E-state index in [2.05, 4.69) is 5.32 Å². The number of amides is 1. The average molecular weight is 490 g/mol. The Morgan fingerprint density at radius 2 is 1.75 bits per heavy atom. The smallest absolute Gasteiger partial charge is 0.416 e. The number of carbonyl (C=O) groups excluding carboxylic acids is 1. The van der Waals surface area contributed by atoms with Gasteiger partial charge in [0.1, 0.15) is 5.60 Å². The normalized spacial score (nSPS) is 14.0. The molecule has 0 aliphatic heterocycles. The van der Waals surface area contributed by atoms with Crippen LogP contribution in [0.4, 0.5) is 18.0 Å². The largest absolute Gasteiger partial charge is 0.444 e. The molecule has 4 nitrogen and oxygen atoms in total. The van der Waals surface area contributed by atoms with Crippen molar-refractivity contribution in [1.29, 1.82) is 0 Å². The number of alkyl halides is 3. The maximum atomic E-state index is 12.9. The molecule has 0 saturated carbocycles. The third-order valence-electron chi connectivity index (χ3n) is 4.52. The van der Waals surface area contributed by atoms with Gasteiger partial charge in [0.15, 0.2) is 0 Å². The van der Waals surface area contributed by atoms with E-state index in [1.807, 2.05) is 0 Å². The minimum atomic E-state index is -4.40. The summed E-state index contributed by atoms with van der Waals surface area (Å²) in [7, 11) is 0. The van der Waals surface area contributed by atoms with E-state index < -0.39 is 29.0 Å². The molecule has 176 valence electrons. The molecule has 0 aliphatic carbocycles. The summed E-state index contributed by atoms with van der Waals surface area (Å²) < 4.78 is 44.0. The summed E-state index contributed by atoms with van der Waals surface area (Å²) in [6, 6.07) is 10.4. The number of alkyl carbamates (subject to hydrolysis) is 1. The van der Waals surface area contributed by atoms with Crippen LogP contribution in [0, 0.1) is 0 Å². The van der Waals surface area contributed by atoms with Gasteiger partial charge in [0, 0.05) is 14.8 Å². The van der Waals surface area contributed by atoms with Crippen molar-refractivity contribution in [3.63, 3.8) is 0 Å². The van der Waals surface area contributed by atoms with Crippen LogP contribution in [-0.4, -0.2) is 28.9 Å². The average Bonchev–Trinajstić information content (AvgIpc) is 2.65. The van der Waals surface area contributed by atoms with Gasteiger partial charge in [-0.1, -0.05) is 35.5 Å². The zero-order valence-electron chi connectivity index (χ0n) is 18.3. The maximum absolute atomic E-state index is 12.9. The fourth-order valence-corrected chi connectivity index (χ4v) is 4.07. The molecule has 0 fully saturated rings. The highest BCUT2D eigenvalue weighted by Crippen LogP contribution is 2.36. The number of halogens is 4. The highest BCUT2D eigenvalue weighted by molar-refractivity contribution is 7.99. The van der Waals surface area contributed by atoms with Crippen LogP contribution in [0.15, 0.2) is 52.3 Å². The highest BCUT2D eigenvalue weighted by Gasteiger charge is 2.30. The molecule has 0 bridgehead atoms. The van der Waals surface area contributed by atoms with Gasteiger partial charge in [-0.05, 0) is 76.4 Å². The number of aliphatic hydroxyl groups is 1. The lowest BCUT2D eigenvalue weighted by atomic mass is 9.94. The van der Waals surface area contributed by atoms with Crippen LogP contribution >= 0.6 is 23.4 Å². The Balaban J connectivity index is 2.05. The van der Waals surface area contributed by atoms with Gasteiger partial charge in [0.05, 0.1) is 17.7 Å². The van der Waals surface area contributed by atoms with Gasteiger partial charge in [0.2, 0.25) is 0 Å². The molecule has 2 aromatic rings. The first-order chi connectivity index (χ1) is 14.7. The molecule has 32 heavy (non-hydrogen) atoms. The van der Waals surface area contributed by atoms with Crippen molar-refractivity contribution in [2.75, 3.05) is 6.61 Å². The van der Waals surface area contributed by atoms with Crippen LogP contribution in [0.2, 0.25) is 5.02 Å². The van der Waals surface area contributed by atoms with Crippen molar-refractivity contribution in [1.82, 2.24) is 5.32 Å². The zero-order chi connectivity index (χ0) is 24.2. The Labute approximate surface area is 195 Å². The Morgan fingerprint density at radius 1 is 1.09 bits per heavy atom. The van der Waals surface area contributed by atoms with Crippen LogP contribution in [0.5, 0.6) is 0 Å². The molecule has 0 saturated heterocycles. The van der Waals surface area contributed by atoms with E-state index in [0.717, 1.165) is 17.7 Å². The molecule has 1 amide bonds. The zero-order valence-corrected chi connectivity index (χ0v) is 19.9. The van der Waals surface area contributed by atoms with Crippen LogP contribution in [0.3, 0.4) is 0 Å². The number of ether oxygens (including phenoxy) is 1. The number of rotatable bonds is 7. The van der Waals surface area contributed by atoms with Gasteiger partial charge in [-0.3, -0.25) is 0 Å². The monoisotopic (exact) mass is 489 g/mol. The van der Waals surface area contributed by atoms with Gasteiger partial charge >= 0.3 is 12.3 Å². The topological polar surface area (TPSA) is 58.6 Å². The number of aliphatic hydroxyl groups excluding tert-OH is 1. The molecular formula is C23H27ClF3NO3S. The summed E-state index contributed by atoms with van der Waals surface area (Å²) in [5.41, 5.74) is -1.47. The molecule has 0 aliphatic rings. The number of carbonyl (C=O) groups is 1. The van der Waals surface area contributed by atoms with E-state index in [-0.39, 0.29) is 6.61 Å². The molecule has 0 heterocycles. The number of nitrogens with one attached hydrogen (secondary N) is 1. The van der Waals surface area contributed by atoms with E-state index in [1.54, 1.807) is 52.0 Å². The fraction of sp³-hybridized carbons (Fsp3) is 0.435. The van der Waals surface area contributed by atoms with Crippen LogP contribution in [-0.2, 0) is 17.3 Å². The molecule has 9 heteroatoms. The molecule has 2 aromatic carbocycles. The van der Waals surface area contributed by atoms with Gasteiger partial charge in [-0.25, -0.2) is 4.79 Å². The first-order valence-electron chi connectivity index (χ1n) is 9.96. The Hall–Kier alpha value is -1.90. The SMILES string of the molecule is CC(CO)(CCc1ccc(Sc2cccc(C(F)(F)F)c2)cc1Cl)NC(=O)OC(C)(C)C. The minimum absolute atomic E-state index is 0.284. The molecular weight excluding hydrogens is 463 g/mol. The second-order valence-corrected chi connectivity index (χ2v) is 10.3. The first-order valence-corrected chi connectivity index (χ1v) is 11.2. The summed E-state index contributed by atoms with van der Waals surface area (Å²) in [5, 5.41) is 12.9. The van der Waals surface area contributed by atoms with Crippen LogP contribution < -0.4 is 5.32 Å². The maximum Gasteiger partial charge on any atom is 0.416 e. The second-order valence-electron chi connectivity index (χ2n) is 8.73. The van der Waals surface area contributed by atoms with Crippen LogP contribution in [0.25, 0.3) is 0 Å². The number of hydrogen-bond donors (Lipinski definition) is 2. The van der Waals surface area contributed by atoms with E-state index >= 15 is 0 Å². The van der Waals surface area contributed by atoms with E-state index in [9.17, 15) is 23.1 Å². The molecule has 1 atom stereocenters. The lowest BCUT2D eigenvalue weighted by Crippen LogP contribution is -2.50. The minimum Gasteiger partial charge on any atom is -0.444 e. The molecule has 2 rings (SSSR count). The van der Waals surface area contributed by atoms with Crippen molar-refractivity contribution in [3.8, 4) is 0 Å². The summed E-state index contributed by atoms with van der Waals surface area (Å²) in [6.07, 6.45) is -4.14. The van der Waals surface area contributed by atoms with Crippen molar-refractivity contribution in [2.24, 2.45) is 0 Å². The van der Waals surface area contributed by atoms with Gasteiger partial charge in [-0.2, -0.15) is 13.2 Å². The third kappa shape index (κ3) is 8.22. The molecule has 0 radical (unpaired) electrons. The summed E-state index contributed by atoms with van der Waals surface area (Å²) >= 11 is 7.58. The standard InChI is InChI=1S/C23H27ClF3NO3S/c1-21(2,3)31-20(30)28-22(4,14-29)11-10-15-8-9-18(13-19(15)24)32-17-7-5-6-16(12-17)23(25,26)27/h5-9,12-13,29H,10-11,14H2,1-4H3,(H,28,30). The Kier molecular flexibility index (Phi) is 8.53. The van der Waals surface area contributed by atoms with Gasteiger partial charge in [-0.15, -0.1) is 0 Å². The number of hydrogen-bond acceptors (Lipinski definition) is 4. The van der Waals surface area contributed by atoms with Crippen molar-refractivity contribution < 1.29 is 27.8 Å². The Bertz CT molecular complexity index is 947. The van der Waals surface area contributed by atoms with E-state index in [1.165, 1.54) is 17.8 Å². The first kappa shape index (κ1) is 26.4. The number of aryl methyl sites for hydroxylation is 1. The molecule has 2 N–H and O–H groups in total. The summed E-state index contributed by atoms with van der Waals surface area (Å²) in [4.78, 5) is 13.2. The molecule has 1 unspecified atom stereocenters. The van der Waals surface area contributed by atoms with E-state index in [0.29, 0.717) is 27.7 Å². The van der Waals surface area contributed by atoms with Crippen molar-refractivity contribution in [2.45, 2.75) is 67.6 Å². The quantitative estimate of drug-likeness (QED) is 0.453. The lowest BCUT2D eigenvalue weighted by molar-refractivity contribution is -0.137. The molecule has 0 spiro atoms. The summed E-state index contributed by atoms with van der Waals surface area (Å²) in [6.45, 7) is 6.68. The predicted octanol–water partition coefficient (Wildman–Crippen LogP) is 6.72. The predicted molar refractivity (Wildman–Crippen MR) is 120 cm³/mol. The van der Waals surface area contributed by atoms with Gasteiger partial charge < -0.3 is 15.2 Å². The lowest BCUT2D eigenvalue weighted by Gasteiger charge is -2.30. The van der Waals surface area contributed by atoms with E-state index in [4.69, 9.17) is 16.3 Å². The number of benzene rings is 2. The Morgan fingerprint density at radius 3 is 2.31 bits per heavy atom. The highest BCUT2D eigenvalue weighted by atomic mass is 35.5. The van der Waals surface area contributed by atoms with Gasteiger partial charge in [0.25, 0.3) is 0 Å². The van der Waals surface area contributed by atoms with Crippen molar-refractivity contribution >= 4 is 29.5 Å². The molecule has 0 aromatic heterocycles. The summed E-state index contributed by atoms with van der Waals surface area (Å²) in [5.74, 6) is 0. The van der Waals surface area contributed by atoms with Crippen LogP contribution in [0.1, 0.15) is 45.2 Å². The fourth-order valence-electron chi connectivity index (χ4n) is 2.81. The second kappa shape index (κ2) is 10.4.